The van der Waals surface area contributed by atoms with Crippen molar-refractivity contribution in [1.29, 1.82) is 0 Å². The van der Waals surface area contributed by atoms with Gasteiger partial charge in [0.2, 0.25) is 0 Å². The van der Waals surface area contributed by atoms with Crippen LogP contribution in [0.25, 0.3) is 11.0 Å². The molecule has 0 radical (unpaired) electrons. The molecule has 3 heteroatoms. The number of rotatable bonds is 3. The zero-order valence-corrected chi connectivity index (χ0v) is 8.88. The van der Waals surface area contributed by atoms with Crippen molar-refractivity contribution in [1.82, 2.24) is 5.32 Å². The summed E-state index contributed by atoms with van der Waals surface area (Å²) in [7, 11) is 1.87. The summed E-state index contributed by atoms with van der Waals surface area (Å²) < 4.78 is 18.9. The van der Waals surface area contributed by atoms with Crippen LogP contribution in [0, 0.1) is 5.82 Å². The Kier molecular flexibility index (Phi) is 2.73. The molecule has 1 heterocycles. The van der Waals surface area contributed by atoms with Gasteiger partial charge in [0, 0.05) is 11.4 Å². The van der Waals surface area contributed by atoms with Gasteiger partial charge in [0.15, 0.2) is 0 Å². The molecule has 0 saturated carbocycles. The molecule has 0 bridgehead atoms. The van der Waals surface area contributed by atoms with Crippen molar-refractivity contribution in [3.05, 3.63) is 35.8 Å². The summed E-state index contributed by atoms with van der Waals surface area (Å²) in [6, 6.07) is 5.32. The topological polar surface area (TPSA) is 25.2 Å². The Morgan fingerprint density at radius 2 is 2.27 bits per heavy atom. The van der Waals surface area contributed by atoms with Gasteiger partial charge in [0.05, 0.1) is 6.26 Å². The third kappa shape index (κ3) is 2.02. The van der Waals surface area contributed by atoms with Crippen molar-refractivity contribution in [3.63, 3.8) is 0 Å². The van der Waals surface area contributed by atoms with Crippen LogP contribution in [0.15, 0.2) is 28.9 Å². The first-order valence-electron chi connectivity index (χ1n) is 5.03. The number of furan rings is 1. The molecule has 0 aliphatic rings. The summed E-state index contributed by atoms with van der Waals surface area (Å²) in [5.74, 6) is -0.161. The number of halogens is 1. The van der Waals surface area contributed by atoms with Gasteiger partial charge in [0.25, 0.3) is 0 Å². The number of nitrogens with one attached hydrogen (secondary N) is 1. The van der Waals surface area contributed by atoms with Gasteiger partial charge in [-0.05, 0) is 44.2 Å². The van der Waals surface area contributed by atoms with Crippen LogP contribution in [0.3, 0.4) is 0 Å². The van der Waals surface area contributed by atoms with E-state index in [1.165, 1.54) is 6.07 Å². The molecule has 15 heavy (non-hydrogen) atoms. The van der Waals surface area contributed by atoms with Crippen LogP contribution in [0.5, 0.6) is 0 Å². The molecule has 1 aromatic carbocycles. The van der Waals surface area contributed by atoms with Crippen LogP contribution in [0.4, 0.5) is 4.39 Å². The molecule has 0 spiro atoms. The minimum absolute atomic E-state index is 0.161. The van der Waals surface area contributed by atoms with E-state index >= 15 is 0 Å². The average Bonchev–Trinajstić information content (AvgIpc) is 2.65. The van der Waals surface area contributed by atoms with Gasteiger partial charge in [-0.2, -0.15) is 0 Å². The quantitative estimate of drug-likeness (QED) is 0.837. The van der Waals surface area contributed by atoms with E-state index in [0.717, 1.165) is 11.0 Å². The fraction of sp³-hybridized carbons (Fsp3) is 0.333. The molecule has 80 valence electrons. The third-order valence-corrected chi connectivity index (χ3v) is 2.64. The lowest BCUT2D eigenvalue weighted by Crippen LogP contribution is -2.23. The van der Waals surface area contributed by atoms with E-state index in [1.807, 2.05) is 14.0 Å². The van der Waals surface area contributed by atoms with Gasteiger partial charge in [-0.3, -0.25) is 0 Å². The van der Waals surface area contributed by atoms with Gasteiger partial charge in [-0.25, -0.2) is 4.39 Å². The molecule has 1 aromatic heterocycles. The Balaban J connectivity index is 2.37. The Bertz CT molecular complexity index is 464. The Morgan fingerprint density at radius 3 is 3.00 bits per heavy atom. The molecule has 2 rings (SSSR count). The van der Waals surface area contributed by atoms with Gasteiger partial charge in [0.1, 0.15) is 11.4 Å². The molecule has 0 unspecified atom stereocenters. The lowest BCUT2D eigenvalue weighted by atomic mass is 10.1. The maximum atomic E-state index is 13.6. The SMILES string of the molecule is CN[C@@H](C)Cc1cc2occc2cc1F. The fourth-order valence-corrected chi connectivity index (χ4v) is 1.61. The Morgan fingerprint density at radius 1 is 1.47 bits per heavy atom. The van der Waals surface area contributed by atoms with Crippen molar-refractivity contribution in [2.75, 3.05) is 7.05 Å². The highest BCUT2D eigenvalue weighted by molar-refractivity contribution is 5.77. The smallest absolute Gasteiger partial charge is 0.134 e. The number of fused-ring (bicyclic) bond motifs is 1. The maximum Gasteiger partial charge on any atom is 0.134 e. The molecule has 2 nitrogen and oxygen atoms in total. The second kappa shape index (κ2) is 4.03. The van der Waals surface area contributed by atoms with Crippen LogP contribution in [0.1, 0.15) is 12.5 Å². The minimum atomic E-state index is -0.161. The van der Waals surface area contributed by atoms with Gasteiger partial charge >= 0.3 is 0 Å². The largest absolute Gasteiger partial charge is 0.464 e. The van der Waals surface area contributed by atoms with Crippen molar-refractivity contribution >= 4 is 11.0 Å². The van der Waals surface area contributed by atoms with E-state index in [0.29, 0.717) is 12.0 Å². The number of hydrogen-bond acceptors (Lipinski definition) is 2. The van der Waals surface area contributed by atoms with E-state index in [9.17, 15) is 4.39 Å². The van der Waals surface area contributed by atoms with Gasteiger partial charge < -0.3 is 9.73 Å². The molecule has 2 aromatic rings. The van der Waals surface area contributed by atoms with Crippen molar-refractivity contribution in [2.24, 2.45) is 0 Å². The predicted octanol–water partition coefficient (Wildman–Crippen LogP) is 2.72. The first-order valence-corrected chi connectivity index (χ1v) is 5.03. The normalized spacial score (nSPS) is 13.3. The summed E-state index contributed by atoms with van der Waals surface area (Å²) in [5, 5.41) is 3.90. The molecule has 0 aliphatic heterocycles. The average molecular weight is 207 g/mol. The summed E-state index contributed by atoms with van der Waals surface area (Å²) in [6.45, 7) is 2.02. The van der Waals surface area contributed by atoms with Gasteiger partial charge in [-0.15, -0.1) is 0 Å². The summed E-state index contributed by atoms with van der Waals surface area (Å²) in [5.41, 5.74) is 1.44. The highest BCUT2D eigenvalue weighted by Crippen LogP contribution is 2.21. The van der Waals surface area contributed by atoms with E-state index in [1.54, 1.807) is 18.4 Å². The zero-order chi connectivity index (χ0) is 10.8. The van der Waals surface area contributed by atoms with Crippen molar-refractivity contribution in [2.45, 2.75) is 19.4 Å². The lowest BCUT2D eigenvalue weighted by molar-refractivity contribution is 0.562. The predicted molar refractivity (Wildman–Crippen MR) is 58.4 cm³/mol. The maximum absolute atomic E-state index is 13.6. The Labute approximate surface area is 88.1 Å². The van der Waals surface area contributed by atoms with Crippen LogP contribution >= 0.6 is 0 Å². The second-order valence-corrected chi connectivity index (χ2v) is 3.80. The first-order chi connectivity index (χ1) is 7.20. The fourth-order valence-electron chi connectivity index (χ4n) is 1.61. The number of likely N-dealkylation sites (N-methyl/N-ethyl adjacent to an activating group) is 1. The molecule has 0 saturated heterocycles. The molecule has 0 fully saturated rings. The first kappa shape index (κ1) is 10.2. The molecule has 1 atom stereocenters. The van der Waals surface area contributed by atoms with E-state index in [4.69, 9.17) is 4.42 Å². The summed E-state index contributed by atoms with van der Waals surface area (Å²) in [6.07, 6.45) is 2.24. The number of benzene rings is 1. The van der Waals surface area contributed by atoms with E-state index in [2.05, 4.69) is 5.32 Å². The Hall–Kier alpha value is -1.35. The summed E-state index contributed by atoms with van der Waals surface area (Å²) >= 11 is 0. The van der Waals surface area contributed by atoms with Crippen molar-refractivity contribution < 1.29 is 8.81 Å². The van der Waals surface area contributed by atoms with Gasteiger partial charge in [-0.1, -0.05) is 0 Å². The lowest BCUT2D eigenvalue weighted by Gasteiger charge is -2.10. The van der Waals surface area contributed by atoms with E-state index in [-0.39, 0.29) is 11.9 Å². The molecule has 0 aliphatic carbocycles. The third-order valence-electron chi connectivity index (χ3n) is 2.64. The van der Waals surface area contributed by atoms with Crippen LogP contribution in [-0.2, 0) is 6.42 Å². The molecular formula is C12H14FNO. The molecular weight excluding hydrogens is 193 g/mol. The van der Waals surface area contributed by atoms with E-state index < -0.39 is 0 Å². The number of hydrogen-bond donors (Lipinski definition) is 1. The van der Waals surface area contributed by atoms with Crippen LogP contribution in [0.2, 0.25) is 0 Å². The van der Waals surface area contributed by atoms with Crippen molar-refractivity contribution in [3.8, 4) is 0 Å². The molecule has 0 amide bonds. The highest BCUT2D eigenvalue weighted by atomic mass is 19.1. The monoisotopic (exact) mass is 207 g/mol. The molecule has 1 N–H and O–H groups in total. The second-order valence-electron chi connectivity index (χ2n) is 3.80. The summed E-state index contributed by atoms with van der Waals surface area (Å²) in [4.78, 5) is 0. The standard InChI is InChI=1S/C12H14FNO/c1-8(14-2)5-10-7-12-9(3-4-15-12)6-11(10)13/h3-4,6-8,14H,5H2,1-2H3/t8-/m0/s1. The van der Waals surface area contributed by atoms with Crippen LogP contribution < -0.4 is 5.32 Å². The minimum Gasteiger partial charge on any atom is -0.464 e. The van der Waals surface area contributed by atoms with Crippen LogP contribution in [-0.4, -0.2) is 13.1 Å². The zero-order valence-electron chi connectivity index (χ0n) is 8.88. The highest BCUT2D eigenvalue weighted by Gasteiger charge is 2.09.